The first-order valence-corrected chi connectivity index (χ1v) is 6.21. The second-order valence-corrected chi connectivity index (χ2v) is 4.11. The molecule has 0 spiro atoms. The second kappa shape index (κ2) is 5.64. The lowest BCUT2D eigenvalue weighted by Gasteiger charge is -2.07. The standard InChI is InChI=1S/C13H18N4O/c1-2-17-11-7-4-3-6-10(11)15-13(17)16-12(18)8-5-9-14/h3-4,6-7H,2,5,8-9,14H2,1H3,(H,15,16,18). The van der Waals surface area contributed by atoms with Crippen molar-refractivity contribution in [2.75, 3.05) is 11.9 Å². The lowest BCUT2D eigenvalue weighted by atomic mass is 10.3. The summed E-state index contributed by atoms with van der Waals surface area (Å²) < 4.78 is 2.00. The maximum absolute atomic E-state index is 11.7. The van der Waals surface area contributed by atoms with Crippen LogP contribution in [0.15, 0.2) is 24.3 Å². The Hall–Kier alpha value is -1.88. The third-order valence-corrected chi connectivity index (χ3v) is 2.83. The minimum atomic E-state index is -0.0366. The number of para-hydroxylation sites is 2. The van der Waals surface area contributed by atoms with Gasteiger partial charge in [0.05, 0.1) is 11.0 Å². The number of nitrogens with zero attached hydrogens (tertiary/aromatic N) is 2. The van der Waals surface area contributed by atoms with E-state index in [9.17, 15) is 4.79 Å². The van der Waals surface area contributed by atoms with Gasteiger partial charge >= 0.3 is 0 Å². The fourth-order valence-corrected chi connectivity index (χ4v) is 1.94. The molecule has 1 heterocycles. The summed E-state index contributed by atoms with van der Waals surface area (Å²) in [4.78, 5) is 16.1. The van der Waals surface area contributed by atoms with E-state index in [1.165, 1.54) is 0 Å². The summed E-state index contributed by atoms with van der Waals surface area (Å²) >= 11 is 0. The first-order chi connectivity index (χ1) is 8.76. The van der Waals surface area contributed by atoms with Crippen molar-refractivity contribution in [2.24, 2.45) is 5.73 Å². The normalized spacial score (nSPS) is 10.8. The average Bonchev–Trinajstić information content (AvgIpc) is 2.73. The molecule has 0 radical (unpaired) electrons. The number of amides is 1. The quantitative estimate of drug-likeness (QED) is 0.844. The molecule has 0 aliphatic heterocycles. The molecule has 0 bridgehead atoms. The van der Waals surface area contributed by atoms with Gasteiger partial charge in [-0.1, -0.05) is 12.1 Å². The highest BCUT2D eigenvalue weighted by atomic mass is 16.1. The number of rotatable bonds is 5. The zero-order chi connectivity index (χ0) is 13.0. The Labute approximate surface area is 106 Å². The Balaban J connectivity index is 2.24. The minimum absolute atomic E-state index is 0.0366. The molecule has 5 heteroatoms. The number of nitrogens with two attached hydrogens (primary N) is 1. The lowest BCUT2D eigenvalue weighted by molar-refractivity contribution is -0.116. The van der Waals surface area contributed by atoms with Gasteiger partial charge in [0.25, 0.3) is 0 Å². The van der Waals surface area contributed by atoms with E-state index in [1.54, 1.807) is 0 Å². The van der Waals surface area contributed by atoms with E-state index < -0.39 is 0 Å². The van der Waals surface area contributed by atoms with E-state index in [-0.39, 0.29) is 5.91 Å². The van der Waals surface area contributed by atoms with Crippen molar-refractivity contribution in [1.82, 2.24) is 9.55 Å². The van der Waals surface area contributed by atoms with Gasteiger partial charge in [0, 0.05) is 13.0 Å². The number of carbonyl (C=O) groups is 1. The van der Waals surface area contributed by atoms with Crippen LogP contribution in [0.5, 0.6) is 0 Å². The van der Waals surface area contributed by atoms with Crippen LogP contribution in [0.3, 0.4) is 0 Å². The zero-order valence-electron chi connectivity index (χ0n) is 10.5. The Morgan fingerprint density at radius 1 is 1.44 bits per heavy atom. The molecule has 18 heavy (non-hydrogen) atoms. The summed E-state index contributed by atoms with van der Waals surface area (Å²) in [6.07, 6.45) is 1.13. The predicted molar refractivity (Wildman–Crippen MR) is 72.3 cm³/mol. The number of nitrogens with one attached hydrogen (secondary N) is 1. The molecule has 0 aliphatic rings. The van der Waals surface area contributed by atoms with Crippen molar-refractivity contribution in [1.29, 1.82) is 0 Å². The van der Waals surface area contributed by atoms with Crippen molar-refractivity contribution < 1.29 is 4.79 Å². The first-order valence-electron chi connectivity index (χ1n) is 6.21. The topological polar surface area (TPSA) is 72.9 Å². The molecule has 5 nitrogen and oxygen atoms in total. The number of hydrogen-bond donors (Lipinski definition) is 2. The molecule has 2 rings (SSSR count). The Kier molecular flexibility index (Phi) is 3.94. The van der Waals surface area contributed by atoms with Crippen LogP contribution in [-0.2, 0) is 11.3 Å². The molecule has 0 fully saturated rings. The number of aryl methyl sites for hydroxylation is 1. The van der Waals surface area contributed by atoms with Crippen molar-refractivity contribution >= 4 is 22.9 Å². The SMILES string of the molecule is CCn1c(NC(=O)CCCN)nc2ccccc21. The van der Waals surface area contributed by atoms with Crippen LogP contribution in [0.4, 0.5) is 5.95 Å². The van der Waals surface area contributed by atoms with Crippen LogP contribution < -0.4 is 11.1 Å². The first kappa shape index (κ1) is 12.6. The van der Waals surface area contributed by atoms with Gasteiger partial charge in [0.1, 0.15) is 0 Å². The highest BCUT2D eigenvalue weighted by molar-refractivity contribution is 5.91. The molecule has 0 aliphatic carbocycles. The monoisotopic (exact) mass is 246 g/mol. The number of anilines is 1. The molecule has 96 valence electrons. The number of aromatic nitrogens is 2. The molecule has 2 aromatic rings. The Morgan fingerprint density at radius 2 is 2.22 bits per heavy atom. The van der Waals surface area contributed by atoms with E-state index in [0.717, 1.165) is 17.6 Å². The summed E-state index contributed by atoms with van der Waals surface area (Å²) in [6, 6.07) is 7.85. The number of benzene rings is 1. The third-order valence-electron chi connectivity index (χ3n) is 2.83. The van der Waals surface area contributed by atoms with Crippen LogP contribution in [0.1, 0.15) is 19.8 Å². The molecule has 0 unspecified atom stereocenters. The molecular weight excluding hydrogens is 228 g/mol. The van der Waals surface area contributed by atoms with Gasteiger partial charge in [0.2, 0.25) is 11.9 Å². The van der Waals surface area contributed by atoms with Crippen LogP contribution in [0.25, 0.3) is 11.0 Å². The fraction of sp³-hybridized carbons (Fsp3) is 0.385. The summed E-state index contributed by atoms with van der Waals surface area (Å²) in [6.45, 7) is 3.33. The van der Waals surface area contributed by atoms with Crippen LogP contribution in [0.2, 0.25) is 0 Å². The maximum Gasteiger partial charge on any atom is 0.226 e. The molecule has 1 aromatic heterocycles. The predicted octanol–water partition coefficient (Wildman–Crippen LogP) is 1.73. The van der Waals surface area contributed by atoms with Gasteiger partial charge in [-0.2, -0.15) is 0 Å². The number of fused-ring (bicyclic) bond motifs is 1. The molecule has 1 aromatic carbocycles. The van der Waals surface area contributed by atoms with E-state index in [0.29, 0.717) is 25.3 Å². The lowest BCUT2D eigenvalue weighted by Crippen LogP contribution is -2.16. The average molecular weight is 246 g/mol. The van der Waals surface area contributed by atoms with Crippen molar-refractivity contribution in [3.63, 3.8) is 0 Å². The molecular formula is C13H18N4O. The van der Waals surface area contributed by atoms with Gasteiger partial charge in [0.15, 0.2) is 0 Å². The Bertz CT molecular complexity index is 547. The second-order valence-electron chi connectivity index (χ2n) is 4.11. The molecule has 0 saturated carbocycles. The smallest absolute Gasteiger partial charge is 0.226 e. The largest absolute Gasteiger partial charge is 0.330 e. The Morgan fingerprint density at radius 3 is 2.94 bits per heavy atom. The highest BCUT2D eigenvalue weighted by Crippen LogP contribution is 2.19. The van der Waals surface area contributed by atoms with E-state index in [2.05, 4.69) is 10.3 Å². The molecule has 0 saturated heterocycles. The zero-order valence-corrected chi connectivity index (χ0v) is 10.5. The van der Waals surface area contributed by atoms with Crippen molar-refractivity contribution in [3.8, 4) is 0 Å². The van der Waals surface area contributed by atoms with Gasteiger partial charge in [-0.15, -0.1) is 0 Å². The minimum Gasteiger partial charge on any atom is -0.330 e. The van der Waals surface area contributed by atoms with Gasteiger partial charge in [-0.05, 0) is 32.0 Å². The summed E-state index contributed by atoms with van der Waals surface area (Å²) in [7, 11) is 0. The van der Waals surface area contributed by atoms with Gasteiger partial charge in [-0.25, -0.2) is 4.98 Å². The van der Waals surface area contributed by atoms with Crippen molar-refractivity contribution in [3.05, 3.63) is 24.3 Å². The summed E-state index contributed by atoms with van der Waals surface area (Å²) in [5, 5.41) is 2.84. The molecule has 0 atom stereocenters. The van der Waals surface area contributed by atoms with Crippen LogP contribution in [-0.4, -0.2) is 22.0 Å². The van der Waals surface area contributed by atoms with Gasteiger partial charge in [-0.3, -0.25) is 10.1 Å². The molecule has 1 amide bonds. The van der Waals surface area contributed by atoms with Gasteiger partial charge < -0.3 is 10.3 Å². The van der Waals surface area contributed by atoms with E-state index in [4.69, 9.17) is 5.73 Å². The third kappa shape index (κ3) is 2.51. The number of imidazole rings is 1. The van der Waals surface area contributed by atoms with Crippen molar-refractivity contribution in [2.45, 2.75) is 26.3 Å². The fourth-order valence-electron chi connectivity index (χ4n) is 1.94. The summed E-state index contributed by atoms with van der Waals surface area (Å²) in [5.41, 5.74) is 7.32. The van der Waals surface area contributed by atoms with Crippen LogP contribution in [0, 0.1) is 0 Å². The van der Waals surface area contributed by atoms with E-state index in [1.807, 2.05) is 35.8 Å². The maximum atomic E-state index is 11.7. The number of carbonyl (C=O) groups excluding carboxylic acids is 1. The number of hydrogen-bond acceptors (Lipinski definition) is 3. The highest BCUT2D eigenvalue weighted by Gasteiger charge is 2.11. The van der Waals surface area contributed by atoms with Crippen LogP contribution >= 0.6 is 0 Å². The summed E-state index contributed by atoms with van der Waals surface area (Å²) in [5.74, 6) is 0.575. The molecule has 3 N–H and O–H groups in total. The van der Waals surface area contributed by atoms with E-state index >= 15 is 0 Å².